The highest BCUT2D eigenvalue weighted by molar-refractivity contribution is 6.10. The second kappa shape index (κ2) is 7.71. The van der Waals surface area contributed by atoms with Gasteiger partial charge < -0.3 is 10.6 Å². The van der Waals surface area contributed by atoms with Gasteiger partial charge in [0, 0.05) is 5.69 Å². The van der Waals surface area contributed by atoms with Crippen molar-refractivity contribution < 1.29 is 22.8 Å². The zero-order chi connectivity index (χ0) is 20.3. The molecule has 2 aromatic carbocycles. The van der Waals surface area contributed by atoms with Gasteiger partial charge in [-0.3, -0.25) is 14.9 Å². The summed E-state index contributed by atoms with van der Waals surface area (Å²) in [5, 5.41) is 7.61. The van der Waals surface area contributed by atoms with Gasteiger partial charge in [-0.05, 0) is 31.2 Å². The standard InChI is InChI=1S/C19H17F3N4O2/c1-11-6-8-12(9-7-11)23-18-25-15(10-16(27)26-18)17(28)24-14-5-3-2-4-13(14)19(20,21)22/h2-9,15H,10H2,1H3,(H,24,28)(H2,23,25,26,27)/t15-/m0/s1. The summed E-state index contributed by atoms with van der Waals surface area (Å²) < 4.78 is 39.2. The minimum absolute atomic E-state index is 0.0596. The molecular weight excluding hydrogens is 373 g/mol. The third-order valence-electron chi connectivity index (χ3n) is 4.03. The fourth-order valence-electron chi connectivity index (χ4n) is 2.64. The van der Waals surface area contributed by atoms with Crippen LogP contribution in [-0.2, 0) is 15.8 Å². The van der Waals surface area contributed by atoms with Crippen molar-refractivity contribution in [3.63, 3.8) is 0 Å². The predicted octanol–water partition coefficient (Wildman–Crippen LogP) is 3.31. The predicted molar refractivity (Wildman–Crippen MR) is 98.9 cm³/mol. The third-order valence-corrected chi connectivity index (χ3v) is 4.03. The van der Waals surface area contributed by atoms with Crippen LogP contribution >= 0.6 is 0 Å². The molecule has 1 aliphatic heterocycles. The molecule has 28 heavy (non-hydrogen) atoms. The second-order valence-corrected chi connectivity index (χ2v) is 6.27. The van der Waals surface area contributed by atoms with Gasteiger partial charge in [-0.25, -0.2) is 4.99 Å². The molecule has 0 saturated heterocycles. The quantitative estimate of drug-likeness (QED) is 0.752. The van der Waals surface area contributed by atoms with Gasteiger partial charge in [0.25, 0.3) is 0 Å². The van der Waals surface area contributed by atoms with Crippen molar-refractivity contribution in [2.24, 2.45) is 4.99 Å². The average molecular weight is 390 g/mol. The van der Waals surface area contributed by atoms with Crippen LogP contribution in [0.15, 0.2) is 53.5 Å². The van der Waals surface area contributed by atoms with Gasteiger partial charge >= 0.3 is 6.18 Å². The molecule has 3 N–H and O–H groups in total. The maximum atomic E-state index is 13.1. The van der Waals surface area contributed by atoms with E-state index in [1.54, 1.807) is 12.1 Å². The smallest absolute Gasteiger partial charge is 0.326 e. The number of rotatable bonds is 3. The summed E-state index contributed by atoms with van der Waals surface area (Å²) in [5.74, 6) is -1.20. The molecule has 9 heteroatoms. The van der Waals surface area contributed by atoms with E-state index in [0.29, 0.717) is 5.69 Å². The number of nitrogens with zero attached hydrogens (tertiary/aromatic N) is 1. The topological polar surface area (TPSA) is 82.6 Å². The number of carbonyl (C=O) groups excluding carboxylic acids is 2. The van der Waals surface area contributed by atoms with E-state index in [2.05, 4.69) is 20.9 Å². The molecule has 0 aliphatic carbocycles. The molecule has 1 heterocycles. The normalized spacial score (nSPS) is 16.8. The van der Waals surface area contributed by atoms with E-state index in [0.717, 1.165) is 17.7 Å². The minimum Gasteiger partial charge on any atom is -0.326 e. The number of benzene rings is 2. The molecule has 0 bridgehead atoms. The summed E-state index contributed by atoms with van der Waals surface area (Å²) in [5.41, 5.74) is 0.341. The Balaban J connectivity index is 1.78. The van der Waals surface area contributed by atoms with Gasteiger partial charge in [-0.15, -0.1) is 0 Å². The molecule has 0 spiro atoms. The summed E-state index contributed by atoms with van der Waals surface area (Å²) in [6, 6.07) is 10.7. The number of guanidine groups is 1. The van der Waals surface area contributed by atoms with E-state index in [9.17, 15) is 22.8 Å². The Bertz CT molecular complexity index is 924. The summed E-state index contributed by atoms with van der Waals surface area (Å²) in [4.78, 5) is 28.5. The largest absolute Gasteiger partial charge is 0.418 e. The Morgan fingerprint density at radius 1 is 1.14 bits per heavy atom. The van der Waals surface area contributed by atoms with Crippen LogP contribution in [-0.4, -0.2) is 23.8 Å². The van der Waals surface area contributed by atoms with E-state index >= 15 is 0 Å². The van der Waals surface area contributed by atoms with Crippen molar-refractivity contribution in [3.05, 3.63) is 59.7 Å². The number of hydrogen-bond acceptors (Lipinski definition) is 4. The number of nitrogens with one attached hydrogen (secondary N) is 3. The third kappa shape index (κ3) is 4.67. The van der Waals surface area contributed by atoms with E-state index < -0.39 is 29.6 Å². The molecular formula is C19H17F3N4O2. The molecule has 0 aromatic heterocycles. The van der Waals surface area contributed by atoms with Crippen LogP contribution in [0, 0.1) is 6.92 Å². The Labute approximate surface area is 158 Å². The van der Waals surface area contributed by atoms with Gasteiger partial charge in [0.2, 0.25) is 17.8 Å². The number of para-hydroxylation sites is 1. The fourth-order valence-corrected chi connectivity index (χ4v) is 2.64. The Hall–Kier alpha value is -3.36. The van der Waals surface area contributed by atoms with E-state index in [1.165, 1.54) is 12.1 Å². The monoisotopic (exact) mass is 390 g/mol. The maximum Gasteiger partial charge on any atom is 0.418 e. The molecule has 146 valence electrons. The number of halogens is 3. The lowest BCUT2D eigenvalue weighted by Crippen LogP contribution is -2.45. The SMILES string of the molecule is Cc1ccc(NC2=N[C@H](C(=O)Nc3ccccc3C(F)(F)F)CC(=O)N2)cc1. The molecule has 2 aromatic rings. The molecule has 3 rings (SSSR count). The first kappa shape index (κ1) is 19.4. The van der Waals surface area contributed by atoms with E-state index in [-0.39, 0.29) is 18.1 Å². The highest BCUT2D eigenvalue weighted by Crippen LogP contribution is 2.34. The number of alkyl halides is 3. The second-order valence-electron chi connectivity index (χ2n) is 6.27. The number of carbonyl (C=O) groups is 2. The summed E-state index contributed by atoms with van der Waals surface area (Å²) >= 11 is 0. The van der Waals surface area contributed by atoms with Crippen LogP contribution in [0.25, 0.3) is 0 Å². The summed E-state index contributed by atoms with van der Waals surface area (Å²) in [7, 11) is 0. The lowest BCUT2D eigenvalue weighted by Gasteiger charge is -2.22. The van der Waals surface area contributed by atoms with E-state index in [4.69, 9.17) is 0 Å². The molecule has 1 atom stereocenters. The molecule has 0 saturated carbocycles. The van der Waals surface area contributed by atoms with Crippen molar-refractivity contribution in [2.45, 2.75) is 25.6 Å². The molecule has 1 aliphatic rings. The minimum atomic E-state index is -4.62. The van der Waals surface area contributed by atoms with Crippen LogP contribution in [0.4, 0.5) is 24.5 Å². The number of aliphatic imine (C=N–C) groups is 1. The van der Waals surface area contributed by atoms with Crippen molar-refractivity contribution in [1.29, 1.82) is 0 Å². The molecule has 0 fully saturated rings. The van der Waals surface area contributed by atoms with Gasteiger partial charge in [-0.2, -0.15) is 13.2 Å². The molecule has 0 unspecified atom stereocenters. The first-order chi connectivity index (χ1) is 13.2. The Morgan fingerprint density at radius 2 is 1.82 bits per heavy atom. The number of amides is 2. The molecule has 6 nitrogen and oxygen atoms in total. The van der Waals surface area contributed by atoms with Crippen LogP contribution in [0.3, 0.4) is 0 Å². The first-order valence-corrected chi connectivity index (χ1v) is 8.41. The highest BCUT2D eigenvalue weighted by atomic mass is 19.4. The number of anilines is 2. The van der Waals surface area contributed by atoms with Crippen molar-refractivity contribution in [2.75, 3.05) is 10.6 Å². The molecule has 2 amide bonds. The summed E-state index contributed by atoms with van der Waals surface area (Å²) in [6.45, 7) is 1.92. The van der Waals surface area contributed by atoms with Crippen LogP contribution in [0.2, 0.25) is 0 Å². The van der Waals surface area contributed by atoms with Gasteiger partial charge in [-0.1, -0.05) is 29.8 Å². The van der Waals surface area contributed by atoms with Crippen LogP contribution in [0.5, 0.6) is 0 Å². The fraction of sp³-hybridized carbons (Fsp3) is 0.211. The maximum absolute atomic E-state index is 13.1. The van der Waals surface area contributed by atoms with Crippen molar-refractivity contribution in [1.82, 2.24) is 5.32 Å². The lowest BCUT2D eigenvalue weighted by molar-refractivity contribution is -0.137. The Morgan fingerprint density at radius 3 is 2.50 bits per heavy atom. The average Bonchev–Trinajstić information content (AvgIpc) is 2.63. The zero-order valence-electron chi connectivity index (χ0n) is 14.8. The number of hydrogen-bond donors (Lipinski definition) is 3. The van der Waals surface area contributed by atoms with Gasteiger partial charge in [0.1, 0.15) is 6.04 Å². The van der Waals surface area contributed by atoms with Crippen LogP contribution < -0.4 is 16.0 Å². The summed E-state index contributed by atoms with van der Waals surface area (Å²) in [6.07, 6.45) is -4.88. The highest BCUT2D eigenvalue weighted by Gasteiger charge is 2.35. The first-order valence-electron chi connectivity index (χ1n) is 8.41. The van der Waals surface area contributed by atoms with E-state index in [1.807, 2.05) is 19.1 Å². The number of aryl methyl sites for hydroxylation is 1. The van der Waals surface area contributed by atoms with Crippen LogP contribution in [0.1, 0.15) is 17.5 Å². The van der Waals surface area contributed by atoms with Gasteiger partial charge in [0.15, 0.2) is 0 Å². The van der Waals surface area contributed by atoms with Gasteiger partial charge in [0.05, 0.1) is 17.7 Å². The molecule has 0 radical (unpaired) electrons. The van der Waals surface area contributed by atoms with Crippen molar-refractivity contribution >= 4 is 29.1 Å². The Kier molecular flexibility index (Phi) is 5.34. The van der Waals surface area contributed by atoms with Crippen molar-refractivity contribution in [3.8, 4) is 0 Å². The lowest BCUT2D eigenvalue weighted by atomic mass is 10.1. The zero-order valence-corrected chi connectivity index (χ0v) is 14.8.